The second-order valence-corrected chi connectivity index (χ2v) is 9.73. The lowest BCUT2D eigenvalue weighted by molar-refractivity contribution is -0.120. The second kappa shape index (κ2) is 13.4. The van der Waals surface area contributed by atoms with E-state index in [2.05, 4.69) is 52.3 Å². The summed E-state index contributed by atoms with van der Waals surface area (Å²) in [4.78, 5) is 17.4. The van der Waals surface area contributed by atoms with Crippen LogP contribution in [0.5, 0.6) is 5.75 Å². The van der Waals surface area contributed by atoms with E-state index < -0.39 is 0 Å². The van der Waals surface area contributed by atoms with E-state index in [1.807, 2.05) is 66.7 Å². The number of amides is 1. The van der Waals surface area contributed by atoms with Crippen molar-refractivity contribution in [1.29, 1.82) is 0 Å². The number of hydrogen-bond donors (Lipinski definition) is 1. The highest BCUT2D eigenvalue weighted by Crippen LogP contribution is 2.20. The lowest BCUT2D eigenvalue weighted by atomic mass is 10.0. The van der Waals surface area contributed by atoms with E-state index in [9.17, 15) is 4.79 Å². The van der Waals surface area contributed by atoms with Crippen molar-refractivity contribution in [3.8, 4) is 16.9 Å². The fourth-order valence-electron chi connectivity index (χ4n) is 4.81. The molecule has 0 fully saturated rings. The summed E-state index contributed by atoms with van der Waals surface area (Å²) < 4.78 is 8.18. The van der Waals surface area contributed by atoms with Crippen LogP contribution in [-0.4, -0.2) is 28.6 Å². The Morgan fingerprint density at radius 2 is 1.44 bits per heavy atom. The highest BCUT2D eigenvalue weighted by Gasteiger charge is 2.11. The van der Waals surface area contributed by atoms with Gasteiger partial charge in [0.2, 0.25) is 5.91 Å². The minimum atomic E-state index is 0.0504. The molecule has 0 aliphatic rings. The molecule has 0 aliphatic carbocycles. The van der Waals surface area contributed by atoms with E-state index in [1.165, 1.54) is 11.1 Å². The molecule has 5 rings (SSSR count). The van der Waals surface area contributed by atoms with Crippen LogP contribution in [0.4, 0.5) is 0 Å². The molecule has 0 bridgehead atoms. The molecular formula is C34H35N3O2. The van der Waals surface area contributed by atoms with Gasteiger partial charge >= 0.3 is 0 Å². The first-order valence-electron chi connectivity index (χ1n) is 13.8. The number of para-hydroxylation sites is 3. The Morgan fingerprint density at radius 1 is 0.744 bits per heavy atom. The third kappa shape index (κ3) is 7.35. The topological polar surface area (TPSA) is 56.2 Å². The van der Waals surface area contributed by atoms with Gasteiger partial charge in [-0.3, -0.25) is 4.79 Å². The van der Waals surface area contributed by atoms with E-state index in [1.54, 1.807) is 0 Å². The average molecular weight is 518 g/mol. The predicted octanol–water partition coefficient (Wildman–Crippen LogP) is 6.85. The molecule has 198 valence electrons. The van der Waals surface area contributed by atoms with Gasteiger partial charge in [0.25, 0.3) is 0 Å². The molecule has 0 unspecified atom stereocenters. The molecule has 1 N–H and O–H groups in total. The predicted molar refractivity (Wildman–Crippen MR) is 158 cm³/mol. The Kier molecular flexibility index (Phi) is 9.03. The van der Waals surface area contributed by atoms with Crippen molar-refractivity contribution in [3.63, 3.8) is 0 Å². The Labute approximate surface area is 230 Å². The van der Waals surface area contributed by atoms with E-state index in [4.69, 9.17) is 9.72 Å². The lowest BCUT2D eigenvalue weighted by Crippen LogP contribution is -2.26. The first-order valence-corrected chi connectivity index (χ1v) is 13.8. The molecule has 4 aromatic carbocycles. The van der Waals surface area contributed by atoms with Crippen LogP contribution in [0.2, 0.25) is 0 Å². The number of hydrogen-bond acceptors (Lipinski definition) is 3. The third-order valence-electron chi connectivity index (χ3n) is 6.85. The number of unbranched alkanes of at least 4 members (excludes halogenated alkanes) is 1. The van der Waals surface area contributed by atoms with Gasteiger partial charge in [0, 0.05) is 19.5 Å². The van der Waals surface area contributed by atoms with Gasteiger partial charge in [-0.25, -0.2) is 4.98 Å². The number of imidazole rings is 1. The van der Waals surface area contributed by atoms with Crippen LogP contribution in [0.3, 0.4) is 0 Å². The summed E-state index contributed by atoms with van der Waals surface area (Å²) in [5, 5.41) is 3.08. The van der Waals surface area contributed by atoms with Gasteiger partial charge in [-0.05, 0) is 60.2 Å². The minimum absolute atomic E-state index is 0.0504. The van der Waals surface area contributed by atoms with Crippen molar-refractivity contribution in [2.45, 2.75) is 38.6 Å². The Morgan fingerprint density at radius 3 is 2.23 bits per heavy atom. The molecule has 1 heterocycles. The molecule has 1 amide bonds. The van der Waals surface area contributed by atoms with Crippen molar-refractivity contribution < 1.29 is 9.53 Å². The van der Waals surface area contributed by atoms with E-state index in [0.29, 0.717) is 19.6 Å². The fraction of sp³-hybridized carbons (Fsp3) is 0.235. The van der Waals surface area contributed by atoms with Crippen LogP contribution >= 0.6 is 0 Å². The number of rotatable bonds is 13. The number of nitrogens with one attached hydrogen (secondary N) is 1. The van der Waals surface area contributed by atoms with Crippen LogP contribution in [0.15, 0.2) is 109 Å². The Bertz CT molecular complexity index is 1460. The van der Waals surface area contributed by atoms with Crippen LogP contribution in [0.1, 0.15) is 30.7 Å². The maximum absolute atomic E-state index is 12.5. The lowest BCUT2D eigenvalue weighted by Gasteiger charge is -2.11. The molecule has 5 nitrogen and oxygen atoms in total. The van der Waals surface area contributed by atoms with Gasteiger partial charge < -0.3 is 14.6 Å². The molecule has 0 radical (unpaired) electrons. The zero-order chi connectivity index (χ0) is 26.7. The zero-order valence-electron chi connectivity index (χ0n) is 22.3. The average Bonchev–Trinajstić information content (AvgIpc) is 3.34. The SMILES string of the molecule is O=C(Cc1ccc(-c2ccccc2)cc1)NCCCc1nc2ccccc2n1CCCCOc1ccccc1. The molecule has 39 heavy (non-hydrogen) atoms. The largest absolute Gasteiger partial charge is 0.494 e. The highest BCUT2D eigenvalue weighted by molar-refractivity contribution is 5.79. The maximum Gasteiger partial charge on any atom is 0.224 e. The Balaban J connectivity index is 1.08. The summed E-state index contributed by atoms with van der Waals surface area (Å²) in [6.07, 6.45) is 4.04. The van der Waals surface area contributed by atoms with Crippen LogP contribution in [0.25, 0.3) is 22.2 Å². The monoisotopic (exact) mass is 517 g/mol. The molecule has 0 saturated heterocycles. The first-order chi connectivity index (χ1) is 19.3. The van der Waals surface area contributed by atoms with Crippen LogP contribution in [-0.2, 0) is 24.2 Å². The van der Waals surface area contributed by atoms with E-state index in [-0.39, 0.29) is 5.91 Å². The summed E-state index contributed by atoms with van der Waals surface area (Å²) in [6, 6.07) is 36.8. The van der Waals surface area contributed by atoms with Gasteiger partial charge in [0.15, 0.2) is 0 Å². The van der Waals surface area contributed by atoms with Gasteiger partial charge in [0.1, 0.15) is 11.6 Å². The standard InChI is InChI=1S/C34H35N3O2/c38-34(26-27-19-21-29(22-20-27)28-12-3-1-4-13-28)35-23-11-18-33-36-31-16-7-8-17-32(31)37(33)24-9-10-25-39-30-14-5-2-6-15-30/h1-8,12-17,19-22H,9-11,18,23-26H2,(H,35,38). The van der Waals surface area contributed by atoms with Crippen molar-refractivity contribution in [2.75, 3.05) is 13.2 Å². The van der Waals surface area contributed by atoms with Crippen LogP contribution < -0.4 is 10.1 Å². The van der Waals surface area contributed by atoms with E-state index in [0.717, 1.165) is 60.4 Å². The summed E-state index contributed by atoms with van der Waals surface area (Å²) in [5.41, 5.74) is 5.55. The second-order valence-electron chi connectivity index (χ2n) is 9.73. The summed E-state index contributed by atoms with van der Waals surface area (Å²) in [6.45, 7) is 2.24. The summed E-state index contributed by atoms with van der Waals surface area (Å²) in [7, 11) is 0. The van der Waals surface area contributed by atoms with E-state index >= 15 is 0 Å². The fourth-order valence-corrected chi connectivity index (χ4v) is 4.81. The Hall–Kier alpha value is -4.38. The number of fused-ring (bicyclic) bond motifs is 1. The number of carbonyl (C=O) groups is 1. The molecule has 5 aromatic rings. The number of carbonyl (C=O) groups excluding carboxylic acids is 1. The third-order valence-corrected chi connectivity index (χ3v) is 6.85. The number of nitrogens with zero attached hydrogens (tertiary/aromatic N) is 2. The quantitative estimate of drug-likeness (QED) is 0.174. The van der Waals surface area contributed by atoms with Gasteiger partial charge in [-0.1, -0.05) is 84.9 Å². The normalized spacial score (nSPS) is 11.0. The molecule has 1 aromatic heterocycles. The molecule has 0 atom stereocenters. The maximum atomic E-state index is 12.5. The van der Waals surface area contributed by atoms with Crippen LogP contribution in [0, 0.1) is 0 Å². The van der Waals surface area contributed by atoms with Gasteiger partial charge in [0.05, 0.1) is 24.1 Å². The highest BCUT2D eigenvalue weighted by atomic mass is 16.5. The smallest absolute Gasteiger partial charge is 0.224 e. The number of ether oxygens (including phenoxy) is 1. The molecular weight excluding hydrogens is 482 g/mol. The van der Waals surface area contributed by atoms with Crippen molar-refractivity contribution in [1.82, 2.24) is 14.9 Å². The first kappa shape index (κ1) is 26.2. The molecule has 0 saturated carbocycles. The molecule has 5 heteroatoms. The summed E-state index contributed by atoms with van der Waals surface area (Å²) in [5.74, 6) is 2.04. The van der Waals surface area contributed by atoms with Crippen molar-refractivity contribution in [2.24, 2.45) is 0 Å². The minimum Gasteiger partial charge on any atom is -0.494 e. The van der Waals surface area contributed by atoms with Gasteiger partial charge in [-0.2, -0.15) is 0 Å². The van der Waals surface area contributed by atoms with Gasteiger partial charge in [-0.15, -0.1) is 0 Å². The zero-order valence-corrected chi connectivity index (χ0v) is 22.3. The van der Waals surface area contributed by atoms with Crippen molar-refractivity contribution in [3.05, 3.63) is 121 Å². The summed E-state index contributed by atoms with van der Waals surface area (Å²) >= 11 is 0. The molecule has 0 spiro atoms. The number of aryl methyl sites for hydroxylation is 2. The van der Waals surface area contributed by atoms with Crippen molar-refractivity contribution >= 4 is 16.9 Å². The number of aromatic nitrogens is 2. The number of benzene rings is 4. The molecule has 0 aliphatic heterocycles.